The molecule has 1 heterocycles. The lowest BCUT2D eigenvalue weighted by atomic mass is 10.0. The average molecular weight is 772 g/mol. The highest BCUT2D eigenvalue weighted by atomic mass is 35.5. The van der Waals surface area contributed by atoms with E-state index < -0.39 is 23.0 Å². The number of carbonyl (C=O) groups is 4. The molecule has 1 atom stereocenters. The number of hydrogen-bond acceptors (Lipinski definition) is 7. The molecule has 0 spiro atoms. The number of hydrogen-bond donors (Lipinski definition) is 3. The molecular weight excluding hydrogens is 738 g/mol. The minimum absolute atomic E-state index is 0.0149. The molecule has 8 nitrogen and oxygen atoms in total. The summed E-state index contributed by atoms with van der Waals surface area (Å²) in [5.74, 6) is -1.94. The first-order valence-corrected chi connectivity index (χ1v) is 18.9. The van der Waals surface area contributed by atoms with E-state index in [1.165, 1.54) is 36.3 Å². The molecule has 3 amide bonds. The molecule has 6 aromatic rings. The maximum absolute atomic E-state index is 14.1. The number of aryl methyl sites for hydroxylation is 1. The maximum atomic E-state index is 14.1. The lowest BCUT2D eigenvalue weighted by Crippen LogP contribution is -2.30. The SMILES string of the molecule is COC(=O)c1c(-c2ccc(C)cc2)csc1NC(=O)C(Sc1cccc(NC(=O)/C(=C\c2ccccc2Cl)NC(=O)c2ccccc2)c1)c1ccccc1. The second-order valence-electron chi connectivity index (χ2n) is 12.0. The van der Waals surface area contributed by atoms with Gasteiger partial charge in [-0.2, -0.15) is 0 Å². The van der Waals surface area contributed by atoms with Gasteiger partial charge in [0.05, 0.1) is 7.11 Å². The predicted octanol–water partition coefficient (Wildman–Crippen LogP) is 10.0. The molecule has 6 rings (SSSR count). The number of methoxy groups -OCH3 is 1. The quantitative estimate of drug-likeness (QED) is 0.0649. The van der Waals surface area contributed by atoms with Crippen LogP contribution < -0.4 is 16.0 Å². The number of thiophene rings is 1. The Morgan fingerprint density at radius 2 is 1.48 bits per heavy atom. The smallest absolute Gasteiger partial charge is 0.341 e. The van der Waals surface area contributed by atoms with Crippen molar-refractivity contribution in [2.24, 2.45) is 0 Å². The summed E-state index contributed by atoms with van der Waals surface area (Å²) in [6, 6.07) is 39.7. The Kier molecular flexibility index (Phi) is 12.4. The molecule has 0 saturated carbocycles. The number of anilines is 2. The first-order valence-electron chi connectivity index (χ1n) is 16.7. The highest BCUT2D eigenvalue weighted by Gasteiger charge is 2.27. The molecule has 0 aliphatic carbocycles. The zero-order valence-electron chi connectivity index (χ0n) is 29.2. The van der Waals surface area contributed by atoms with Crippen LogP contribution in [-0.2, 0) is 14.3 Å². The Balaban J connectivity index is 1.26. The largest absolute Gasteiger partial charge is 0.465 e. The summed E-state index contributed by atoms with van der Waals surface area (Å²) < 4.78 is 5.13. The zero-order valence-corrected chi connectivity index (χ0v) is 31.6. The number of esters is 1. The van der Waals surface area contributed by atoms with Crippen LogP contribution in [0.5, 0.6) is 0 Å². The molecule has 0 bridgehead atoms. The van der Waals surface area contributed by atoms with Gasteiger partial charge >= 0.3 is 5.97 Å². The fourth-order valence-electron chi connectivity index (χ4n) is 5.45. The predicted molar refractivity (Wildman–Crippen MR) is 218 cm³/mol. The number of benzene rings is 5. The zero-order chi connectivity index (χ0) is 38.0. The van der Waals surface area contributed by atoms with Gasteiger partial charge in [0, 0.05) is 32.1 Å². The Morgan fingerprint density at radius 1 is 0.796 bits per heavy atom. The Labute approximate surface area is 326 Å². The van der Waals surface area contributed by atoms with Crippen molar-refractivity contribution in [1.29, 1.82) is 0 Å². The summed E-state index contributed by atoms with van der Waals surface area (Å²) in [6.45, 7) is 1.98. The Morgan fingerprint density at radius 3 is 2.19 bits per heavy atom. The van der Waals surface area contributed by atoms with Crippen molar-refractivity contribution in [2.75, 3.05) is 17.7 Å². The molecule has 3 N–H and O–H groups in total. The topological polar surface area (TPSA) is 114 Å². The summed E-state index contributed by atoms with van der Waals surface area (Å²) in [5.41, 5.74) is 4.94. The van der Waals surface area contributed by atoms with Gasteiger partial charge in [-0.05, 0) is 66.1 Å². The highest BCUT2D eigenvalue weighted by Crippen LogP contribution is 2.40. The molecule has 54 heavy (non-hydrogen) atoms. The molecule has 11 heteroatoms. The van der Waals surface area contributed by atoms with Crippen LogP contribution in [0.3, 0.4) is 0 Å². The van der Waals surface area contributed by atoms with Crippen LogP contribution in [0.15, 0.2) is 149 Å². The van der Waals surface area contributed by atoms with Crippen LogP contribution in [0.1, 0.15) is 42.7 Å². The molecule has 0 fully saturated rings. The van der Waals surface area contributed by atoms with E-state index in [-0.39, 0.29) is 17.2 Å². The highest BCUT2D eigenvalue weighted by molar-refractivity contribution is 8.00. The van der Waals surface area contributed by atoms with Gasteiger partial charge in [0.2, 0.25) is 5.91 Å². The van der Waals surface area contributed by atoms with Crippen LogP contribution in [0.2, 0.25) is 5.02 Å². The third kappa shape index (κ3) is 9.34. The first-order chi connectivity index (χ1) is 26.2. The monoisotopic (exact) mass is 771 g/mol. The average Bonchev–Trinajstić information content (AvgIpc) is 3.61. The molecule has 0 aliphatic rings. The number of nitrogens with one attached hydrogen (secondary N) is 3. The summed E-state index contributed by atoms with van der Waals surface area (Å²) in [5, 5.41) is 10.5. The van der Waals surface area contributed by atoms with Gasteiger partial charge in [-0.3, -0.25) is 14.4 Å². The van der Waals surface area contributed by atoms with Gasteiger partial charge in [-0.25, -0.2) is 4.79 Å². The third-order valence-corrected chi connectivity index (χ3v) is 10.7. The van der Waals surface area contributed by atoms with E-state index in [2.05, 4.69) is 16.0 Å². The number of rotatable bonds is 12. The lowest BCUT2D eigenvalue weighted by molar-refractivity contribution is -0.116. The second-order valence-corrected chi connectivity index (χ2v) is 14.5. The number of carbonyl (C=O) groups excluding carboxylic acids is 4. The fraction of sp³-hybridized carbons (Fsp3) is 0.0698. The van der Waals surface area contributed by atoms with E-state index in [9.17, 15) is 19.2 Å². The Hall–Kier alpha value is -5.94. The minimum atomic E-state index is -0.742. The number of ether oxygens (including phenoxy) is 1. The van der Waals surface area contributed by atoms with Crippen molar-refractivity contribution in [2.45, 2.75) is 17.1 Å². The normalized spacial score (nSPS) is 11.6. The van der Waals surface area contributed by atoms with Gasteiger partial charge in [0.1, 0.15) is 21.5 Å². The van der Waals surface area contributed by atoms with Gasteiger partial charge in [0.15, 0.2) is 0 Å². The van der Waals surface area contributed by atoms with Crippen molar-refractivity contribution in [3.05, 3.63) is 177 Å². The van der Waals surface area contributed by atoms with Crippen molar-refractivity contribution in [3.8, 4) is 11.1 Å². The van der Waals surface area contributed by atoms with Crippen LogP contribution in [0.25, 0.3) is 17.2 Å². The van der Waals surface area contributed by atoms with Gasteiger partial charge in [0.25, 0.3) is 11.8 Å². The molecule has 270 valence electrons. The summed E-state index contributed by atoms with van der Waals surface area (Å²) >= 11 is 8.93. The fourth-order valence-corrected chi connectivity index (χ4v) is 7.68. The molecule has 1 unspecified atom stereocenters. The van der Waals surface area contributed by atoms with Crippen LogP contribution >= 0.6 is 34.7 Å². The molecule has 0 saturated heterocycles. The lowest BCUT2D eigenvalue weighted by Gasteiger charge is -2.18. The summed E-state index contributed by atoms with van der Waals surface area (Å²) in [7, 11) is 1.31. The standard InChI is InChI=1S/C43H34ClN3O5S2/c1-27-20-22-28(23-21-27)34-26-53-42(37(34)43(51)52-2)47-41(50)38(29-12-5-3-6-13-29)54-33-18-11-17-32(25-33)45-40(49)36(24-31-16-9-10-19-35(31)44)46-39(48)30-14-7-4-8-15-30/h3-26,38H,1-2H3,(H,45,49)(H,46,48)(H,47,50)/b36-24+. The summed E-state index contributed by atoms with van der Waals surface area (Å²) in [4.78, 5) is 54.7. The Bertz CT molecular complexity index is 2330. The molecule has 5 aromatic carbocycles. The minimum Gasteiger partial charge on any atom is -0.465 e. The van der Waals surface area contributed by atoms with E-state index in [0.717, 1.165) is 16.7 Å². The third-order valence-electron chi connectivity index (χ3n) is 8.20. The van der Waals surface area contributed by atoms with Crippen molar-refractivity contribution < 1.29 is 23.9 Å². The van der Waals surface area contributed by atoms with Crippen LogP contribution in [0, 0.1) is 6.92 Å². The van der Waals surface area contributed by atoms with E-state index in [1.54, 1.807) is 72.8 Å². The number of thioether (sulfide) groups is 1. The summed E-state index contributed by atoms with van der Waals surface area (Å²) in [6.07, 6.45) is 1.52. The molecule has 1 aromatic heterocycles. The van der Waals surface area contributed by atoms with Gasteiger partial charge < -0.3 is 20.7 Å². The van der Waals surface area contributed by atoms with Crippen molar-refractivity contribution >= 4 is 75.2 Å². The number of halogens is 1. The molecular formula is C43H34ClN3O5S2. The van der Waals surface area contributed by atoms with Crippen molar-refractivity contribution in [3.63, 3.8) is 0 Å². The molecule has 0 aliphatic heterocycles. The maximum Gasteiger partial charge on any atom is 0.341 e. The van der Waals surface area contributed by atoms with E-state index >= 15 is 0 Å². The van der Waals surface area contributed by atoms with E-state index in [0.29, 0.717) is 37.3 Å². The van der Waals surface area contributed by atoms with Crippen LogP contribution in [-0.4, -0.2) is 30.8 Å². The van der Waals surface area contributed by atoms with E-state index in [4.69, 9.17) is 16.3 Å². The van der Waals surface area contributed by atoms with E-state index in [1.807, 2.05) is 73.0 Å². The second kappa shape index (κ2) is 17.7. The van der Waals surface area contributed by atoms with Crippen LogP contribution in [0.4, 0.5) is 10.7 Å². The van der Waals surface area contributed by atoms with Gasteiger partial charge in [-0.15, -0.1) is 23.1 Å². The van der Waals surface area contributed by atoms with Gasteiger partial charge in [-0.1, -0.05) is 114 Å². The molecule has 0 radical (unpaired) electrons. The first kappa shape index (κ1) is 37.8. The van der Waals surface area contributed by atoms with Crippen molar-refractivity contribution in [1.82, 2.24) is 5.32 Å². The number of amides is 3.